The highest BCUT2D eigenvalue weighted by Crippen LogP contribution is 2.40. The number of hydrogen-bond acceptors (Lipinski definition) is 7. The molecule has 7 nitrogen and oxygen atoms in total. The van der Waals surface area contributed by atoms with Crippen LogP contribution >= 0.6 is 22.9 Å². The first kappa shape index (κ1) is 21.0. The number of likely N-dealkylation sites (N-methyl/N-ethyl adjacent to an activating group) is 1. The number of benzene rings is 1. The quantitative estimate of drug-likeness (QED) is 0.546. The molecule has 1 saturated heterocycles. The van der Waals surface area contributed by atoms with Crippen molar-refractivity contribution in [3.05, 3.63) is 41.0 Å². The molecular weight excluding hydrogens is 420 g/mol. The van der Waals surface area contributed by atoms with Gasteiger partial charge in [-0.2, -0.15) is 0 Å². The lowest BCUT2D eigenvalue weighted by atomic mass is 10.1. The molecule has 157 valence electrons. The van der Waals surface area contributed by atoms with Gasteiger partial charge in [-0.15, -0.1) is 11.3 Å². The number of carbonyl (C=O) groups is 1. The van der Waals surface area contributed by atoms with Crippen LogP contribution in [0.15, 0.2) is 24.4 Å². The monoisotopic (exact) mass is 443 g/mol. The molecular formula is C21H24ClN6OS. The van der Waals surface area contributed by atoms with Crippen LogP contribution in [-0.4, -0.2) is 72.0 Å². The van der Waals surface area contributed by atoms with Crippen molar-refractivity contribution >= 4 is 44.9 Å². The van der Waals surface area contributed by atoms with Crippen LogP contribution < -0.4 is 11.1 Å². The normalized spacial score (nSPS) is 15.5. The smallest absolute Gasteiger partial charge is 0.250 e. The average Bonchev–Trinajstić information content (AvgIpc) is 3.13. The number of nitrogens with one attached hydrogen (secondary N) is 1. The number of halogens is 1. The van der Waals surface area contributed by atoms with E-state index in [1.165, 1.54) is 11.3 Å². The molecule has 0 spiro atoms. The molecule has 1 fully saturated rings. The number of carbonyl (C=O) groups excluding carboxylic acids is 1. The van der Waals surface area contributed by atoms with E-state index in [-0.39, 0.29) is 0 Å². The van der Waals surface area contributed by atoms with E-state index >= 15 is 0 Å². The Morgan fingerprint density at radius 1 is 1.37 bits per heavy atom. The van der Waals surface area contributed by atoms with E-state index in [0.717, 1.165) is 55.8 Å². The summed E-state index contributed by atoms with van der Waals surface area (Å²) in [7, 11) is 2.16. The number of nitrogens with zero attached hydrogens (tertiary/aromatic N) is 4. The van der Waals surface area contributed by atoms with Gasteiger partial charge < -0.3 is 20.9 Å². The van der Waals surface area contributed by atoms with Gasteiger partial charge in [0, 0.05) is 42.8 Å². The molecule has 1 aliphatic heterocycles. The molecule has 0 aliphatic carbocycles. The number of nitrogens with two attached hydrogens (primary N) is 1. The van der Waals surface area contributed by atoms with Crippen molar-refractivity contribution in [1.82, 2.24) is 19.8 Å². The lowest BCUT2D eigenvalue weighted by molar-refractivity contribution is 0.100. The van der Waals surface area contributed by atoms with Crippen molar-refractivity contribution < 1.29 is 4.79 Å². The van der Waals surface area contributed by atoms with Gasteiger partial charge in [-0.1, -0.05) is 23.7 Å². The summed E-state index contributed by atoms with van der Waals surface area (Å²) in [6.45, 7) is 6.25. The lowest BCUT2D eigenvalue weighted by Crippen LogP contribution is -2.44. The van der Waals surface area contributed by atoms with Crippen LogP contribution in [0, 0.1) is 6.07 Å². The van der Waals surface area contributed by atoms with Gasteiger partial charge in [-0.3, -0.25) is 4.79 Å². The van der Waals surface area contributed by atoms with Gasteiger partial charge in [0.25, 0.3) is 5.91 Å². The Bertz CT molecular complexity index is 1050. The molecule has 0 saturated carbocycles. The second-order valence-corrected chi connectivity index (χ2v) is 8.87. The molecule has 0 bridgehead atoms. The fraction of sp³-hybridized carbons (Fsp3) is 0.381. The van der Waals surface area contributed by atoms with E-state index < -0.39 is 5.91 Å². The van der Waals surface area contributed by atoms with Crippen molar-refractivity contribution in [3.63, 3.8) is 0 Å². The Kier molecular flexibility index (Phi) is 6.48. The van der Waals surface area contributed by atoms with Crippen LogP contribution in [-0.2, 0) is 0 Å². The number of primary amides is 1. The largest absolute Gasteiger partial charge is 0.366 e. The molecule has 3 heterocycles. The molecule has 1 aromatic carbocycles. The first-order valence-corrected chi connectivity index (χ1v) is 11.1. The lowest BCUT2D eigenvalue weighted by Gasteiger charge is -2.32. The Morgan fingerprint density at radius 3 is 2.93 bits per heavy atom. The van der Waals surface area contributed by atoms with Gasteiger partial charge in [-0.05, 0) is 32.1 Å². The van der Waals surface area contributed by atoms with E-state index in [2.05, 4.69) is 38.2 Å². The van der Waals surface area contributed by atoms with E-state index in [1.54, 1.807) is 12.3 Å². The SMILES string of the molecule is CN1CCN(CCCNc2ncc(Cl)c(-c3sc4c[c]ccc4c3C(N)=O)n2)CC1. The molecule has 1 radical (unpaired) electrons. The summed E-state index contributed by atoms with van der Waals surface area (Å²) >= 11 is 7.82. The van der Waals surface area contributed by atoms with Crippen LogP contribution in [0.4, 0.5) is 5.95 Å². The summed E-state index contributed by atoms with van der Waals surface area (Å²) in [5.74, 6) is -0.00830. The van der Waals surface area contributed by atoms with Crippen LogP contribution in [0.5, 0.6) is 0 Å². The van der Waals surface area contributed by atoms with E-state index in [0.29, 0.717) is 27.1 Å². The Balaban J connectivity index is 1.48. The first-order chi connectivity index (χ1) is 14.5. The predicted molar refractivity (Wildman–Crippen MR) is 122 cm³/mol. The third-order valence-corrected chi connectivity index (χ3v) is 6.71. The highest BCUT2D eigenvalue weighted by atomic mass is 35.5. The first-order valence-electron chi connectivity index (χ1n) is 9.93. The Morgan fingerprint density at radius 2 is 2.17 bits per heavy atom. The van der Waals surface area contributed by atoms with Gasteiger partial charge in [-0.25, -0.2) is 9.97 Å². The zero-order chi connectivity index (χ0) is 21.1. The fourth-order valence-corrected chi connectivity index (χ4v) is 5.02. The Labute approximate surface area is 184 Å². The summed E-state index contributed by atoms with van der Waals surface area (Å²) in [4.78, 5) is 26.5. The third kappa shape index (κ3) is 4.57. The topological polar surface area (TPSA) is 87.4 Å². The van der Waals surface area contributed by atoms with Crippen LogP contribution in [0.1, 0.15) is 16.8 Å². The van der Waals surface area contributed by atoms with E-state index in [1.807, 2.05) is 12.1 Å². The zero-order valence-corrected chi connectivity index (χ0v) is 18.4. The van der Waals surface area contributed by atoms with Crippen LogP contribution in [0.2, 0.25) is 5.02 Å². The minimum Gasteiger partial charge on any atom is -0.366 e. The predicted octanol–water partition coefficient (Wildman–Crippen LogP) is 2.96. The van der Waals surface area contributed by atoms with Gasteiger partial charge in [0.15, 0.2) is 0 Å². The van der Waals surface area contributed by atoms with Gasteiger partial charge in [0.05, 0.1) is 21.7 Å². The second-order valence-electron chi connectivity index (χ2n) is 7.41. The van der Waals surface area contributed by atoms with Gasteiger partial charge >= 0.3 is 0 Å². The zero-order valence-electron chi connectivity index (χ0n) is 16.8. The molecule has 1 aliphatic rings. The minimum atomic E-state index is -0.501. The fourth-order valence-electron chi connectivity index (χ4n) is 3.59. The molecule has 0 atom stereocenters. The summed E-state index contributed by atoms with van der Waals surface area (Å²) < 4.78 is 0.915. The summed E-state index contributed by atoms with van der Waals surface area (Å²) in [5, 5.41) is 4.45. The molecule has 9 heteroatoms. The van der Waals surface area contributed by atoms with Crippen molar-refractivity contribution in [2.24, 2.45) is 5.73 Å². The van der Waals surface area contributed by atoms with Gasteiger partial charge in [0.1, 0.15) is 5.69 Å². The molecule has 4 rings (SSSR count). The summed E-state index contributed by atoms with van der Waals surface area (Å²) in [6.07, 6.45) is 2.56. The number of fused-ring (bicyclic) bond motifs is 1. The Hall–Kier alpha value is -2.26. The standard InChI is InChI=1S/C21H24ClN6OS/c1-27-9-11-28(12-10-27)8-4-7-24-21-25-13-15(22)18(26-21)19-17(20(23)29)14-5-2-3-6-16(14)30-19/h2,5-6,13H,4,7-12H2,1H3,(H2,23,29)(H,24,25,26). The molecule has 2 aromatic heterocycles. The number of anilines is 1. The molecule has 3 aromatic rings. The van der Waals surface area contributed by atoms with Crippen molar-refractivity contribution in [3.8, 4) is 10.6 Å². The van der Waals surface area contributed by atoms with E-state index in [4.69, 9.17) is 17.3 Å². The van der Waals surface area contributed by atoms with E-state index in [9.17, 15) is 4.79 Å². The maximum Gasteiger partial charge on any atom is 0.250 e. The molecule has 0 unspecified atom stereocenters. The average molecular weight is 444 g/mol. The molecule has 30 heavy (non-hydrogen) atoms. The number of amides is 1. The van der Waals surface area contributed by atoms with Crippen molar-refractivity contribution in [1.29, 1.82) is 0 Å². The van der Waals surface area contributed by atoms with Gasteiger partial charge in [0.2, 0.25) is 5.95 Å². The highest BCUT2D eigenvalue weighted by Gasteiger charge is 2.21. The maximum absolute atomic E-state index is 12.2. The minimum absolute atomic E-state index is 0.385. The molecule has 3 N–H and O–H groups in total. The summed E-state index contributed by atoms with van der Waals surface area (Å²) in [5.41, 5.74) is 6.63. The molecule has 1 amide bonds. The number of rotatable bonds is 7. The second kappa shape index (κ2) is 9.26. The van der Waals surface area contributed by atoms with Crippen LogP contribution in [0.25, 0.3) is 20.7 Å². The highest BCUT2D eigenvalue weighted by molar-refractivity contribution is 7.22. The third-order valence-electron chi connectivity index (χ3n) is 5.27. The number of aromatic nitrogens is 2. The van der Waals surface area contributed by atoms with Crippen LogP contribution in [0.3, 0.4) is 0 Å². The summed E-state index contributed by atoms with van der Waals surface area (Å²) in [6, 6.07) is 8.46. The number of piperazine rings is 1. The maximum atomic E-state index is 12.2. The number of hydrogen-bond donors (Lipinski definition) is 2. The van der Waals surface area contributed by atoms with Crippen molar-refractivity contribution in [2.45, 2.75) is 6.42 Å². The van der Waals surface area contributed by atoms with Crippen molar-refractivity contribution in [2.75, 3.05) is 51.6 Å². The number of thiophene rings is 1.